The van der Waals surface area contributed by atoms with Crippen LogP contribution in [0.25, 0.3) is 0 Å². The van der Waals surface area contributed by atoms with Gasteiger partial charge in [-0.15, -0.1) is 0 Å². The summed E-state index contributed by atoms with van der Waals surface area (Å²) in [5, 5.41) is 5.10. The third-order valence-electron chi connectivity index (χ3n) is 3.28. The first kappa shape index (κ1) is 15.4. The van der Waals surface area contributed by atoms with E-state index >= 15 is 0 Å². The second-order valence-electron chi connectivity index (χ2n) is 4.89. The Hall–Kier alpha value is -0.960. The maximum Gasteiger partial charge on any atom is 0.244 e. The van der Waals surface area contributed by atoms with Gasteiger partial charge in [0.05, 0.1) is 0 Å². The molecule has 0 radical (unpaired) electrons. The van der Waals surface area contributed by atoms with Gasteiger partial charge in [0.15, 0.2) is 0 Å². The molecule has 1 aliphatic rings. The Morgan fingerprint density at radius 2 is 1.70 bits per heavy atom. The van der Waals surface area contributed by atoms with E-state index < -0.39 is 20.0 Å². The fourth-order valence-corrected chi connectivity index (χ4v) is 4.90. The first-order valence-electron chi connectivity index (χ1n) is 6.38. The minimum Gasteiger partial charge on any atom is -0.225 e. The number of sulfonamides is 2. The second kappa shape index (κ2) is 5.44. The van der Waals surface area contributed by atoms with Crippen LogP contribution in [0, 0.1) is 5.92 Å². The maximum atomic E-state index is 12.6. The zero-order valence-corrected chi connectivity index (χ0v) is 12.8. The van der Waals surface area contributed by atoms with Crippen LogP contribution in [0.1, 0.15) is 19.8 Å². The van der Waals surface area contributed by atoms with Gasteiger partial charge in [-0.1, -0.05) is 19.1 Å². The van der Waals surface area contributed by atoms with Crippen molar-refractivity contribution in [2.75, 3.05) is 13.1 Å². The molecular weight excluding hydrogens is 300 g/mol. The Morgan fingerprint density at radius 1 is 1.15 bits per heavy atom. The number of hydrogen-bond donors (Lipinski definition) is 1. The smallest absolute Gasteiger partial charge is 0.225 e. The highest BCUT2D eigenvalue weighted by molar-refractivity contribution is 7.92. The van der Waals surface area contributed by atoms with Gasteiger partial charge in [0.2, 0.25) is 20.0 Å². The van der Waals surface area contributed by atoms with Crippen molar-refractivity contribution in [2.45, 2.75) is 29.6 Å². The topological polar surface area (TPSA) is 97.5 Å². The molecule has 0 aromatic heterocycles. The predicted molar refractivity (Wildman–Crippen MR) is 75.0 cm³/mol. The summed E-state index contributed by atoms with van der Waals surface area (Å²) < 4.78 is 49.6. The van der Waals surface area contributed by atoms with Gasteiger partial charge in [-0.3, -0.25) is 0 Å². The van der Waals surface area contributed by atoms with E-state index in [1.54, 1.807) is 6.92 Å². The summed E-state index contributed by atoms with van der Waals surface area (Å²) in [5.74, 6) is 0.381. The van der Waals surface area contributed by atoms with Crippen molar-refractivity contribution in [3.8, 4) is 0 Å². The van der Waals surface area contributed by atoms with E-state index in [0.717, 1.165) is 12.8 Å². The molecule has 6 nitrogen and oxygen atoms in total. The molecule has 0 atom stereocenters. The predicted octanol–water partition coefficient (Wildman–Crippen LogP) is 0.755. The van der Waals surface area contributed by atoms with Crippen LogP contribution in [0.15, 0.2) is 34.1 Å². The molecule has 0 heterocycles. The number of primary sulfonamides is 1. The molecule has 1 saturated carbocycles. The average molecular weight is 318 g/mol. The van der Waals surface area contributed by atoms with Crippen LogP contribution < -0.4 is 5.14 Å². The summed E-state index contributed by atoms with van der Waals surface area (Å²) >= 11 is 0. The zero-order chi connectivity index (χ0) is 15.0. The van der Waals surface area contributed by atoms with Crippen LogP contribution in [0.4, 0.5) is 0 Å². The lowest BCUT2D eigenvalue weighted by Gasteiger charge is -2.21. The zero-order valence-electron chi connectivity index (χ0n) is 11.2. The van der Waals surface area contributed by atoms with Crippen LogP contribution in [-0.2, 0) is 20.0 Å². The highest BCUT2D eigenvalue weighted by Crippen LogP contribution is 2.32. The van der Waals surface area contributed by atoms with Crippen LogP contribution in [-0.4, -0.2) is 34.2 Å². The molecule has 1 aliphatic carbocycles. The Balaban J connectivity index is 2.48. The number of nitrogens with zero attached hydrogens (tertiary/aromatic N) is 1. The highest BCUT2D eigenvalue weighted by atomic mass is 32.2. The largest absolute Gasteiger partial charge is 0.244 e. The Kier molecular flexibility index (Phi) is 4.19. The summed E-state index contributed by atoms with van der Waals surface area (Å²) in [6.07, 6.45) is 2.03. The SMILES string of the molecule is CCN(CC1CC1)S(=O)(=O)c1ccccc1S(N)(=O)=O. The van der Waals surface area contributed by atoms with Gasteiger partial charge in [0.25, 0.3) is 0 Å². The number of rotatable bonds is 6. The van der Waals surface area contributed by atoms with E-state index in [1.807, 2.05) is 0 Å². The van der Waals surface area contributed by atoms with E-state index in [9.17, 15) is 16.8 Å². The average Bonchev–Trinajstić information content (AvgIpc) is 3.18. The van der Waals surface area contributed by atoms with Crippen molar-refractivity contribution >= 4 is 20.0 Å². The lowest BCUT2D eigenvalue weighted by Crippen LogP contribution is -2.34. The van der Waals surface area contributed by atoms with Gasteiger partial charge in [0.1, 0.15) is 9.79 Å². The number of nitrogens with two attached hydrogens (primary N) is 1. The van der Waals surface area contributed by atoms with Gasteiger partial charge >= 0.3 is 0 Å². The van der Waals surface area contributed by atoms with E-state index in [4.69, 9.17) is 5.14 Å². The molecule has 2 N–H and O–H groups in total. The third-order valence-corrected chi connectivity index (χ3v) is 6.38. The number of hydrogen-bond acceptors (Lipinski definition) is 4. The molecule has 20 heavy (non-hydrogen) atoms. The molecule has 0 saturated heterocycles. The molecule has 112 valence electrons. The molecule has 0 unspecified atom stereocenters. The lowest BCUT2D eigenvalue weighted by atomic mass is 10.4. The van der Waals surface area contributed by atoms with E-state index in [-0.39, 0.29) is 9.79 Å². The molecule has 2 rings (SSSR count). The number of benzene rings is 1. The molecular formula is C12H18N2O4S2. The molecule has 0 amide bonds. The van der Waals surface area contributed by atoms with Crippen LogP contribution in [0.3, 0.4) is 0 Å². The van der Waals surface area contributed by atoms with E-state index in [2.05, 4.69) is 0 Å². The molecule has 1 aromatic carbocycles. The maximum absolute atomic E-state index is 12.6. The monoisotopic (exact) mass is 318 g/mol. The van der Waals surface area contributed by atoms with Crippen molar-refractivity contribution < 1.29 is 16.8 Å². The van der Waals surface area contributed by atoms with Crippen molar-refractivity contribution in [3.63, 3.8) is 0 Å². The summed E-state index contributed by atoms with van der Waals surface area (Å²) in [6, 6.07) is 5.44. The standard InChI is InChI=1S/C12H18N2O4S2/c1-2-14(9-10-7-8-10)20(17,18)12-6-4-3-5-11(12)19(13,15)16/h3-6,10H,2,7-9H2,1H3,(H2,13,15,16). The summed E-state index contributed by atoms with van der Waals surface area (Å²) in [5.41, 5.74) is 0. The molecule has 8 heteroatoms. The van der Waals surface area contributed by atoms with E-state index in [0.29, 0.717) is 19.0 Å². The summed E-state index contributed by atoms with van der Waals surface area (Å²) in [4.78, 5) is -0.598. The fourth-order valence-electron chi connectivity index (χ4n) is 2.02. The van der Waals surface area contributed by atoms with Gasteiger partial charge < -0.3 is 0 Å². The first-order chi connectivity index (χ1) is 9.26. The van der Waals surface area contributed by atoms with Crippen molar-refractivity contribution in [2.24, 2.45) is 11.1 Å². The fraction of sp³-hybridized carbons (Fsp3) is 0.500. The quantitative estimate of drug-likeness (QED) is 0.837. The molecule has 0 spiro atoms. The first-order valence-corrected chi connectivity index (χ1v) is 9.37. The van der Waals surface area contributed by atoms with Crippen molar-refractivity contribution in [1.29, 1.82) is 0 Å². The Morgan fingerprint density at radius 3 is 2.15 bits per heavy atom. The van der Waals surface area contributed by atoms with Crippen LogP contribution in [0.5, 0.6) is 0 Å². The van der Waals surface area contributed by atoms with Gasteiger partial charge in [-0.25, -0.2) is 22.0 Å². The second-order valence-corrected chi connectivity index (χ2v) is 8.33. The van der Waals surface area contributed by atoms with Gasteiger partial charge in [0, 0.05) is 13.1 Å². The Labute approximate surface area is 119 Å². The lowest BCUT2D eigenvalue weighted by molar-refractivity contribution is 0.410. The third kappa shape index (κ3) is 3.20. The summed E-state index contributed by atoms with van der Waals surface area (Å²) in [6.45, 7) is 2.47. The molecule has 1 fully saturated rings. The summed E-state index contributed by atoms with van der Waals surface area (Å²) in [7, 11) is -7.92. The van der Waals surface area contributed by atoms with Crippen molar-refractivity contribution in [3.05, 3.63) is 24.3 Å². The van der Waals surface area contributed by atoms with Crippen LogP contribution in [0.2, 0.25) is 0 Å². The van der Waals surface area contributed by atoms with Crippen molar-refractivity contribution in [1.82, 2.24) is 4.31 Å². The highest BCUT2D eigenvalue weighted by Gasteiger charge is 2.33. The Bertz CT molecular complexity index is 694. The van der Waals surface area contributed by atoms with Crippen LogP contribution >= 0.6 is 0 Å². The minimum absolute atomic E-state index is 0.245. The molecule has 1 aromatic rings. The van der Waals surface area contributed by atoms with Gasteiger partial charge in [-0.05, 0) is 30.9 Å². The molecule has 0 aliphatic heterocycles. The minimum atomic E-state index is -4.08. The van der Waals surface area contributed by atoms with E-state index in [1.165, 1.54) is 28.6 Å². The van der Waals surface area contributed by atoms with Gasteiger partial charge in [-0.2, -0.15) is 4.31 Å². The normalized spacial score (nSPS) is 16.6. The molecule has 0 bridgehead atoms.